The van der Waals surface area contributed by atoms with Crippen molar-refractivity contribution in [3.63, 3.8) is 0 Å². The van der Waals surface area contributed by atoms with Crippen molar-refractivity contribution in [3.8, 4) is 0 Å². The maximum Gasteiger partial charge on any atom is 0.274 e. The topological polar surface area (TPSA) is 54.5 Å². The van der Waals surface area contributed by atoms with E-state index in [1.807, 2.05) is 17.8 Å². The highest BCUT2D eigenvalue weighted by molar-refractivity contribution is 5.94. The average molecular weight is 330 g/mol. The molecule has 0 fully saturated rings. The van der Waals surface area contributed by atoms with Gasteiger partial charge in [-0.15, -0.1) is 0 Å². The molecule has 1 unspecified atom stereocenters. The van der Waals surface area contributed by atoms with Crippen LogP contribution in [0.25, 0.3) is 0 Å². The fraction of sp³-hybridized carbons (Fsp3) is 0.556. The minimum absolute atomic E-state index is 0.0148. The number of likely N-dealkylation sites (N-methyl/N-ethyl adjacent to an activating group) is 1. The van der Waals surface area contributed by atoms with Crippen LogP contribution in [0.5, 0.6) is 0 Å². The molecule has 0 aliphatic heterocycles. The number of carbonyl (C=O) groups is 1. The number of rotatable bonds is 5. The van der Waals surface area contributed by atoms with Crippen molar-refractivity contribution >= 4 is 5.91 Å². The quantitative estimate of drug-likeness (QED) is 0.843. The molecule has 3 rings (SSSR count). The smallest absolute Gasteiger partial charge is 0.274 e. The number of nitrogens with zero attached hydrogens (tertiary/aromatic N) is 4. The summed E-state index contributed by atoms with van der Waals surface area (Å²) >= 11 is 0. The second-order valence-electron chi connectivity index (χ2n) is 6.74. The molecular weight excluding hydrogens is 304 g/mol. The first kappa shape index (κ1) is 16.8. The van der Waals surface area contributed by atoms with Gasteiger partial charge in [0, 0.05) is 43.0 Å². The Hall–Kier alpha value is -2.08. The van der Waals surface area contributed by atoms with Gasteiger partial charge >= 0.3 is 0 Å². The first-order chi connectivity index (χ1) is 11.5. The van der Waals surface area contributed by atoms with E-state index in [1.54, 1.807) is 17.4 Å². The summed E-state index contributed by atoms with van der Waals surface area (Å²) in [5.74, 6) is -0.0148. The van der Waals surface area contributed by atoms with E-state index in [0.717, 1.165) is 36.9 Å². The van der Waals surface area contributed by atoms with Crippen LogP contribution in [0.4, 0.5) is 0 Å². The Labute approximate surface area is 143 Å². The molecule has 0 saturated heterocycles. The summed E-state index contributed by atoms with van der Waals surface area (Å²) < 4.78 is 7.09. The summed E-state index contributed by atoms with van der Waals surface area (Å²) in [6, 6.07) is 2.35. The Bertz CT molecular complexity index is 703. The van der Waals surface area contributed by atoms with Crippen molar-refractivity contribution in [1.82, 2.24) is 19.6 Å². The zero-order valence-corrected chi connectivity index (χ0v) is 15.0. The predicted octanol–water partition coefficient (Wildman–Crippen LogP) is 2.19. The molecule has 1 aliphatic carbocycles. The van der Waals surface area contributed by atoms with Crippen molar-refractivity contribution in [3.05, 3.63) is 41.1 Å². The number of amides is 1. The van der Waals surface area contributed by atoms with Gasteiger partial charge in [0.15, 0.2) is 5.69 Å². The fourth-order valence-electron chi connectivity index (χ4n) is 3.45. The van der Waals surface area contributed by atoms with Crippen molar-refractivity contribution in [1.29, 1.82) is 0 Å². The maximum atomic E-state index is 13.0. The third-order valence-electron chi connectivity index (χ3n) is 4.90. The second kappa shape index (κ2) is 6.81. The predicted molar refractivity (Wildman–Crippen MR) is 91.9 cm³/mol. The van der Waals surface area contributed by atoms with Gasteiger partial charge in [0.2, 0.25) is 0 Å². The Morgan fingerprint density at radius 2 is 2.21 bits per heavy atom. The van der Waals surface area contributed by atoms with Crippen LogP contribution in [0, 0.1) is 0 Å². The zero-order valence-electron chi connectivity index (χ0n) is 15.0. The van der Waals surface area contributed by atoms with Crippen molar-refractivity contribution in [2.75, 3.05) is 21.1 Å². The number of hydrogen-bond acceptors (Lipinski definition) is 4. The Kier molecular flexibility index (Phi) is 4.76. The Morgan fingerprint density at radius 1 is 1.42 bits per heavy atom. The number of aryl methyl sites for hydroxylation is 1. The molecule has 0 bridgehead atoms. The molecule has 2 heterocycles. The number of aromatic nitrogens is 2. The first-order valence-electron chi connectivity index (χ1n) is 8.52. The van der Waals surface area contributed by atoms with Gasteiger partial charge in [-0.25, -0.2) is 0 Å². The molecule has 6 nitrogen and oxygen atoms in total. The third kappa shape index (κ3) is 3.11. The molecule has 0 spiro atoms. The number of furan rings is 1. The first-order valence-corrected chi connectivity index (χ1v) is 8.52. The summed E-state index contributed by atoms with van der Waals surface area (Å²) in [5.41, 5.74) is 3.96. The molecule has 0 radical (unpaired) electrons. The lowest BCUT2D eigenvalue weighted by molar-refractivity contribution is 0.0776. The number of carbonyl (C=O) groups excluding carboxylic acids is 1. The third-order valence-corrected chi connectivity index (χ3v) is 4.90. The van der Waals surface area contributed by atoms with E-state index in [1.165, 1.54) is 5.69 Å². The van der Waals surface area contributed by atoms with Gasteiger partial charge in [-0.1, -0.05) is 0 Å². The summed E-state index contributed by atoms with van der Waals surface area (Å²) in [5, 5.41) is 4.64. The van der Waals surface area contributed by atoms with Crippen molar-refractivity contribution in [2.24, 2.45) is 0 Å². The Morgan fingerprint density at radius 3 is 2.83 bits per heavy atom. The van der Waals surface area contributed by atoms with E-state index >= 15 is 0 Å². The molecule has 0 aromatic carbocycles. The molecule has 0 N–H and O–H groups in total. The van der Waals surface area contributed by atoms with Gasteiger partial charge in [-0.2, -0.15) is 5.10 Å². The van der Waals surface area contributed by atoms with Gasteiger partial charge in [0.1, 0.15) is 0 Å². The van der Waals surface area contributed by atoms with E-state index in [0.29, 0.717) is 18.3 Å². The molecule has 1 atom stereocenters. The molecule has 24 heavy (non-hydrogen) atoms. The minimum Gasteiger partial charge on any atom is -0.472 e. The second-order valence-corrected chi connectivity index (χ2v) is 6.74. The largest absolute Gasteiger partial charge is 0.472 e. The van der Waals surface area contributed by atoms with Gasteiger partial charge in [0.05, 0.1) is 12.5 Å². The normalized spacial score (nSPS) is 17.1. The van der Waals surface area contributed by atoms with Gasteiger partial charge < -0.3 is 14.2 Å². The SMILES string of the molecule is CCn1nc(C(=O)N(C)Cc2ccoc2)c2c1CCC(N(C)C)C2. The van der Waals surface area contributed by atoms with E-state index in [9.17, 15) is 4.79 Å². The highest BCUT2D eigenvalue weighted by atomic mass is 16.3. The lowest BCUT2D eigenvalue weighted by Crippen LogP contribution is -2.35. The van der Waals surface area contributed by atoms with Crippen LogP contribution < -0.4 is 0 Å². The number of hydrogen-bond donors (Lipinski definition) is 0. The summed E-state index contributed by atoms with van der Waals surface area (Å²) in [4.78, 5) is 16.9. The van der Waals surface area contributed by atoms with E-state index in [-0.39, 0.29) is 5.91 Å². The van der Waals surface area contributed by atoms with Crippen LogP contribution in [-0.4, -0.2) is 52.7 Å². The average Bonchev–Trinajstić information content (AvgIpc) is 3.20. The van der Waals surface area contributed by atoms with Crippen LogP contribution in [0.15, 0.2) is 23.0 Å². The monoisotopic (exact) mass is 330 g/mol. The lowest BCUT2D eigenvalue weighted by Gasteiger charge is -2.29. The van der Waals surface area contributed by atoms with E-state index in [2.05, 4.69) is 31.0 Å². The molecule has 0 saturated carbocycles. The summed E-state index contributed by atoms with van der Waals surface area (Å²) in [6.07, 6.45) is 6.29. The molecule has 130 valence electrons. The molecule has 6 heteroatoms. The molecule has 2 aromatic rings. The fourth-order valence-corrected chi connectivity index (χ4v) is 3.45. The van der Waals surface area contributed by atoms with Gasteiger partial charge in [0.25, 0.3) is 5.91 Å². The van der Waals surface area contributed by atoms with Crippen LogP contribution >= 0.6 is 0 Å². The van der Waals surface area contributed by atoms with Crippen LogP contribution in [0.2, 0.25) is 0 Å². The van der Waals surface area contributed by atoms with Crippen LogP contribution in [0.3, 0.4) is 0 Å². The van der Waals surface area contributed by atoms with Crippen molar-refractivity contribution < 1.29 is 9.21 Å². The summed E-state index contributed by atoms with van der Waals surface area (Å²) in [7, 11) is 6.03. The molecule has 1 aliphatic rings. The zero-order chi connectivity index (χ0) is 17.3. The highest BCUT2D eigenvalue weighted by Crippen LogP contribution is 2.27. The summed E-state index contributed by atoms with van der Waals surface area (Å²) in [6.45, 7) is 3.41. The molecule has 2 aromatic heterocycles. The minimum atomic E-state index is -0.0148. The van der Waals surface area contributed by atoms with Gasteiger partial charge in [-0.3, -0.25) is 9.48 Å². The molecule has 1 amide bonds. The van der Waals surface area contributed by atoms with Crippen molar-refractivity contribution in [2.45, 2.75) is 45.3 Å². The standard InChI is InChI=1S/C18H26N4O2/c1-5-22-16-7-6-14(20(2)3)10-15(16)17(19-22)18(23)21(4)11-13-8-9-24-12-13/h8-9,12,14H,5-7,10-11H2,1-4H3. The van der Waals surface area contributed by atoms with E-state index in [4.69, 9.17) is 4.42 Å². The Balaban J connectivity index is 1.87. The van der Waals surface area contributed by atoms with Crippen LogP contribution in [0.1, 0.15) is 40.7 Å². The maximum absolute atomic E-state index is 13.0. The highest BCUT2D eigenvalue weighted by Gasteiger charge is 2.30. The van der Waals surface area contributed by atoms with Gasteiger partial charge in [-0.05, 0) is 46.3 Å². The van der Waals surface area contributed by atoms with E-state index < -0.39 is 0 Å². The number of fused-ring (bicyclic) bond motifs is 1. The lowest BCUT2D eigenvalue weighted by atomic mass is 9.90. The van der Waals surface area contributed by atoms with Crippen LogP contribution in [-0.2, 0) is 25.9 Å². The molecular formula is C18H26N4O2.